The monoisotopic (exact) mass is 437 g/mol. The maximum absolute atomic E-state index is 13.0. The number of anilines is 1. The van der Waals surface area contributed by atoms with E-state index in [1.54, 1.807) is 7.11 Å². The number of nitrogens with one attached hydrogen (secondary N) is 1. The highest BCUT2D eigenvalue weighted by Gasteiger charge is 2.35. The Kier molecular flexibility index (Phi) is 8.59. The predicted molar refractivity (Wildman–Crippen MR) is 118 cm³/mol. The van der Waals surface area contributed by atoms with Gasteiger partial charge in [0.15, 0.2) is 0 Å². The molecule has 2 amide bonds. The molecule has 8 nitrogen and oxygen atoms in total. The molecule has 0 radical (unpaired) electrons. The first-order valence-electron chi connectivity index (χ1n) is 11.1. The molecule has 0 aromatic carbocycles. The van der Waals surface area contributed by atoms with Crippen molar-refractivity contribution >= 4 is 28.3 Å². The van der Waals surface area contributed by atoms with Crippen LogP contribution in [-0.4, -0.2) is 78.3 Å². The lowest BCUT2D eigenvalue weighted by Gasteiger charge is -2.36. The van der Waals surface area contributed by atoms with Crippen LogP contribution in [0.1, 0.15) is 56.9 Å². The molecule has 3 heterocycles. The zero-order valence-corrected chi connectivity index (χ0v) is 19.2. The third kappa shape index (κ3) is 6.21. The van der Waals surface area contributed by atoms with Crippen LogP contribution < -0.4 is 5.32 Å². The van der Waals surface area contributed by atoms with Crippen molar-refractivity contribution in [1.82, 2.24) is 20.0 Å². The van der Waals surface area contributed by atoms with Gasteiger partial charge in [0.2, 0.25) is 16.9 Å². The first kappa shape index (κ1) is 23.1. The summed E-state index contributed by atoms with van der Waals surface area (Å²) < 4.78 is 5.17. The van der Waals surface area contributed by atoms with Crippen LogP contribution in [0.4, 0.5) is 5.13 Å². The lowest BCUT2D eigenvalue weighted by Crippen LogP contribution is -2.44. The van der Waals surface area contributed by atoms with Gasteiger partial charge in [-0.15, -0.1) is 10.2 Å². The number of ether oxygens (including phenoxy) is 1. The van der Waals surface area contributed by atoms with Crippen LogP contribution in [0.15, 0.2) is 0 Å². The normalized spacial score (nSPS) is 21.8. The van der Waals surface area contributed by atoms with Crippen LogP contribution >= 0.6 is 11.3 Å². The summed E-state index contributed by atoms with van der Waals surface area (Å²) in [5.74, 6) is 1.10. The molecule has 9 heteroatoms. The van der Waals surface area contributed by atoms with Crippen molar-refractivity contribution in [2.45, 2.75) is 51.9 Å². The van der Waals surface area contributed by atoms with Crippen LogP contribution in [0.25, 0.3) is 0 Å². The minimum absolute atomic E-state index is 0.0452. The van der Waals surface area contributed by atoms with E-state index in [9.17, 15) is 9.59 Å². The Bertz CT molecular complexity index is 703. The molecule has 0 bridgehead atoms. The summed E-state index contributed by atoms with van der Waals surface area (Å²) in [7, 11) is 1.68. The highest BCUT2D eigenvalue weighted by Crippen LogP contribution is 2.32. The molecule has 1 aromatic heterocycles. The summed E-state index contributed by atoms with van der Waals surface area (Å²) >= 11 is 1.43. The van der Waals surface area contributed by atoms with E-state index in [0.29, 0.717) is 42.6 Å². The van der Waals surface area contributed by atoms with Crippen molar-refractivity contribution < 1.29 is 14.3 Å². The second-order valence-electron chi connectivity index (χ2n) is 8.68. The number of carbonyl (C=O) groups excluding carboxylic acids is 2. The highest BCUT2D eigenvalue weighted by atomic mass is 32.1. The first-order chi connectivity index (χ1) is 14.5. The Hall–Kier alpha value is -1.58. The van der Waals surface area contributed by atoms with E-state index < -0.39 is 0 Å². The molecule has 0 spiro atoms. The Balaban J connectivity index is 1.46. The number of rotatable bonds is 8. The van der Waals surface area contributed by atoms with Crippen molar-refractivity contribution in [3.8, 4) is 0 Å². The predicted octanol–water partition coefficient (Wildman–Crippen LogP) is 2.59. The van der Waals surface area contributed by atoms with Crippen LogP contribution in [0.2, 0.25) is 0 Å². The third-order valence-corrected chi connectivity index (χ3v) is 7.28. The van der Waals surface area contributed by atoms with Gasteiger partial charge in [0.05, 0.1) is 13.2 Å². The quantitative estimate of drug-likeness (QED) is 0.673. The Labute approximate surface area is 183 Å². The van der Waals surface area contributed by atoms with E-state index in [-0.39, 0.29) is 11.8 Å². The molecule has 1 aromatic rings. The standard InChI is InChI=1S/C21H35N5O3S/c1-15(2)19-23-24-21(30-19)22-18(27)14-25-10-7-16(8-11-25)17-6-4-5-9-26(20(17)28)12-13-29-3/h15-17H,4-14H2,1-3H3,(H,22,24,27)/t17-/m0/s1. The fourth-order valence-electron chi connectivity index (χ4n) is 4.39. The third-order valence-electron chi connectivity index (χ3n) is 6.14. The number of carbonyl (C=O) groups is 2. The molecule has 1 N–H and O–H groups in total. The number of hydrogen-bond donors (Lipinski definition) is 1. The van der Waals surface area contributed by atoms with Gasteiger partial charge in [-0.3, -0.25) is 19.8 Å². The molecule has 2 aliphatic heterocycles. The Morgan fingerprint density at radius 2 is 1.97 bits per heavy atom. The fraction of sp³-hybridized carbons (Fsp3) is 0.810. The SMILES string of the molecule is COCCN1CCCC[C@@H](C2CCN(CC(=O)Nc3nnc(C(C)C)s3)CC2)C1=O. The van der Waals surface area contributed by atoms with Crippen LogP contribution in [-0.2, 0) is 14.3 Å². The van der Waals surface area contributed by atoms with Crippen molar-refractivity contribution in [3.05, 3.63) is 5.01 Å². The average Bonchev–Trinajstić information content (AvgIpc) is 3.11. The summed E-state index contributed by atoms with van der Waals surface area (Å²) in [5.41, 5.74) is 0. The zero-order valence-electron chi connectivity index (χ0n) is 18.4. The molecule has 0 aliphatic carbocycles. The second-order valence-corrected chi connectivity index (χ2v) is 9.69. The largest absolute Gasteiger partial charge is 0.383 e. The molecule has 30 heavy (non-hydrogen) atoms. The minimum atomic E-state index is -0.0452. The van der Waals surface area contributed by atoms with Gasteiger partial charge in [0.25, 0.3) is 0 Å². The summed E-state index contributed by atoms with van der Waals surface area (Å²) in [4.78, 5) is 29.6. The van der Waals surface area contributed by atoms with Gasteiger partial charge >= 0.3 is 0 Å². The molecule has 0 saturated carbocycles. The summed E-state index contributed by atoms with van der Waals surface area (Å²) in [6.45, 7) is 8.33. The summed E-state index contributed by atoms with van der Waals surface area (Å²) in [6.07, 6.45) is 5.12. The van der Waals surface area contributed by atoms with Crippen molar-refractivity contribution in [3.63, 3.8) is 0 Å². The maximum atomic E-state index is 13.0. The van der Waals surface area contributed by atoms with Crippen molar-refractivity contribution in [2.24, 2.45) is 11.8 Å². The van der Waals surface area contributed by atoms with Gasteiger partial charge in [0, 0.05) is 32.0 Å². The van der Waals surface area contributed by atoms with E-state index in [4.69, 9.17) is 4.74 Å². The number of nitrogens with zero attached hydrogens (tertiary/aromatic N) is 4. The van der Waals surface area contributed by atoms with E-state index >= 15 is 0 Å². The van der Waals surface area contributed by atoms with Gasteiger partial charge in [0.1, 0.15) is 5.01 Å². The lowest BCUT2D eigenvalue weighted by molar-refractivity contribution is -0.138. The molecule has 2 saturated heterocycles. The Morgan fingerprint density at radius 1 is 1.20 bits per heavy atom. The topological polar surface area (TPSA) is 87.7 Å². The fourth-order valence-corrected chi connectivity index (χ4v) is 5.15. The lowest BCUT2D eigenvalue weighted by atomic mass is 9.81. The van der Waals surface area contributed by atoms with Gasteiger partial charge in [-0.25, -0.2) is 0 Å². The molecule has 2 fully saturated rings. The van der Waals surface area contributed by atoms with Crippen molar-refractivity contribution in [2.75, 3.05) is 51.8 Å². The number of likely N-dealkylation sites (tertiary alicyclic amines) is 2. The van der Waals surface area contributed by atoms with E-state index in [1.807, 2.05) is 4.90 Å². The average molecular weight is 438 g/mol. The smallest absolute Gasteiger partial charge is 0.240 e. The van der Waals surface area contributed by atoms with Gasteiger partial charge in [-0.1, -0.05) is 31.6 Å². The summed E-state index contributed by atoms with van der Waals surface area (Å²) in [6, 6.07) is 0. The number of piperidine rings is 1. The van der Waals surface area contributed by atoms with Crippen LogP contribution in [0, 0.1) is 11.8 Å². The molecule has 2 aliphatic rings. The minimum Gasteiger partial charge on any atom is -0.383 e. The van der Waals surface area contributed by atoms with E-state index in [0.717, 1.165) is 56.7 Å². The number of aromatic nitrogens is 2. The maximum Gasteiger partial charge on any atom is 0.240 e. The molecular weight excluding hydrogens is 402 g/mol. The highest BCUT2D eigenvalue weighted by molar-refractivity contribution is 7.15. The van der Waals surface area contributed by atoms with Gasteiger partial charge < -0.3 is 9.64 Å². The van der Waals surface area contributed by atoms with E-state index in [2.05, 4.69) is 34.3 Å². The van der Waals surface area contributed by atoms with E-state index in [1.165, 1.54) is 11.3 Å². The van der Waals surface area contributed by atoms with Gasteiger partial charge in [-0.2, -0.15) is 0 Å². The molecule has 168 valence electrons. The first-order valence-corrected chi connectivity index (χ1v) is 11.9. The number of hydrogen-bond acceptors (Lipinski definition) is 7. The molecule has 1 atom stereocenters. The molecule has 0 unspecified atom stereocenters. The number of methoxy groups -OCH3 is 1. The summed E-state index contributed by atoms with van der Waals surface area (Å²) in [5, 5.41) is 12.5. The number of amides is 2. The zero-order chi connectivity index (χ0) is 21.5. The Morgan fingerprint density at radius 3 is 2.63 bits per heavy atom. The van der Waals surface area contributed by atoms with Crippen molar-refractivity contribution in [1.29, 1.82) is 0 Å². The molecule has 3 rings (SSSR count). The van der Waals surface area contributed by atoms with Crippen LogP contribution in [0.3, 0.4) is 0 Å². The van der Waals surface area contributed by atoms with Crippen LogP contribution in [0.5, 0.6) is 0 Å². The second kappa shape index (κ2) is 11.2. The molecular formula is C21H35N5O3S. The van der Waals surface area contributed by atoms with Gasteiger partial charge in [-0.05, 0) is 44.7 Å².